The highest BCUT2D eigenvalue weighted by Gasteiger charge is 2.57. The van der Waals surface area contributed by atoms with Gasteiger partial charge >= 0.3 is 5.97 Å². The minimum absolute atomic E-state index is 0.0286. The second-order valence-electron chi connectivity index (χ2n) is 8.05. The topological polar surface area (TPSA) is 93.6 Å². The van der Waals surface area contributed by atoms with Crippen LogP contribution >= 0.6 is 11.6 Å². The largest absolute Gasteiger partial charge is 0.448 e. The lowest BCUT2D eigenvalue weighted by molar-refractivity contribution is -0.149. The highest BCUT2D eigenvalue weighted by Crippen LogP contribution is 2.42. The van der Waals surface area contributed by atoms with E-state index >= 15 is 0 Å². The van der Waals surface area contributed by atoms with Crippen molar-refractivity contribution in [3.8, 4) is 0 Å². The molecular formula is C26H19ClN2O5S. The summed E-state index contributed by atoms with van der Waals surface area (Å²) < 4.78 is 31.7. The molecule has 0 N–H and O–H groups in total. The van der Waals surface area contributed by atoms with Crippen molar-refractivity contribution in [3.63, 3.8) is 0 Å². The number of halogens is 1. The van der Waals surface area contributed by atoms with Gasteiger partial charge < -0.3 is 4.74 Å². The van der Waals surface area contributed by atoms with E-state index < -0.39 is 38.9 Å². The summed E-state index contributed by atoms with van der Waals surface area (Å²) >= 11 is 6.28. The number of esters is 1. The van der Waals surface area contributed by atoms with Gasteiger partial charge in [-0.3, -0.25) is 14.7 Å². The summed E-state index contributed by atoms with van der Waals surface area (Å²) in [5, 5.41) is -1.58. The standard InChI is InChI=1S/C26H19ClN2O5S/c27-21-16-35(32,33)25-20(15-19-13-7-8-14-28-19)24(30)29(25)22(21)26(31)34-23(17-9-3-1-4-10-17)18-11-5-2-6-12-18/h1-15,23,25H,16H2/b20-15+. The first-order valence-corrected chi connectivity index (χ1v) is 12.8. The molecule has 0 bridgehead atoms. The van der Waals surface area contributed by atoms with Gasteiger partial charge in [0.2, 0.25) is 0 Å². The van der Waals surface area contributed by atoms with Crippen LogP contribution in [0.2, 0.25) is 0 Å². The zero-order valence-corrected chi connectivity index (χ0v) is 19.8. The molecule has 0 saturated carbocycles. The van der Waals surface area contributed by atoms with Crippen molar-refractivity contribution in [2.75, 3.05) is 5.75 Å². The summed E-state index contributed by atoms with van der Waals surface area (Å²) in [5.41, 5.74) is 1.64. The first-order valence-electron chi connectivity index (χ1n) is 10.7. The van der Waals surface area contributed by atoms with E-state index in [0.717, 1.165) is 16.0 Å². The quantitative estimate of drug-likeness (QED) is 0.296. The molecule has 1 unspecified atom stereocenters. The average Bonchev–Trinajstić information content (AvgIpc) is 2.86. The highest BCUT2D eigenvalue weighted by molar-refractivity contribution is 7.92. The third-order valence-electron chi connectivity index (χ3n) is 5.75. The first kappa shape index (κ1) is 23.0. The third-order valence-corrected chi connectivity index (χ3v) is 8.05. The van der Waals surface area contributed by atoms with Gasteiger partial charge in [0, 0.05) is 6.20 Å². The van der Waals surface area contributed by atoms with E-state index in [-0.39, 0.29) is 16.3 Å². The zero-order valence-electron chi connectivity index (χ0n) is 18.2. The maximum atomic E-state index is 13.4. The van der Waals surface area contributed by atoms with E-state index in [1.165, 1.54) is 12.3 Å². The van der Waals surface area contributed by atoms with Crippen LogP contribution in [0.5, 0.6) is 0 Å². The third kappa shape index (κ3) is 4.26. The molecule has 35 heavy (non-hydrogen) atoms. The molecule has 1 atom stereocenters. The van der Waals surface area contributed by atoms with E-state index in [1.54, 1.807) is 18.2 Å². The van der Waals surface area contributed by atoms with Gasteiger partial charge in [0.05, 0.1) is 22.1 Å². The van der Waals surface area contributed by atoms with E-state index in [2.05, 4.69) is 4.98 Å². The van der Waals surface area contributed by atoms with Crippen LogP contribution in [-0.4, -0.2) is 41.3 Å². The molecule has 5 rings (SSSR count). The van der Waals surface area contributed by atoms with Crippen molar-refractivity contribution in [2.45, 2.75) is 11.5 Å². The number of fused-ring (bicyclic) bond motifs is 1. The number of carbonyl (C=O) groups excluding carboxylic acids is 2. The Hall–Kier alpha value is -3.75. The van der Waals surface area contributed by atoms with Crippen molar-refractivity contribution in [2.24, 2.45) is 0 Å². The maximum absolute atomic E-state index is 13.4. The molecule has 7 nitrogen and oxygen atoms in total. The number of ether oxygens (including phenoxy) is 1. The molecule has 3 heterocycles. The van der Waals surface area contributed by atoms with Crippen LogP contribution in [0.15, 0.2) is 101 Å². The number of nitrogens with zero attached hydrogens (tertiary/aromatic N) is 2. The monoisotopic (exact) mass is 506 g/mol. The van der Waals surface area contributed by atoms with Gasteiger partial charge in [-0.2, -0.15) is 0 Å². The van der Waals surface area contributed by atoms with Gasteiger partial charge in [-0.1, -0.05) is 78.3 Å². The van der Waals surface area contributed by atoms with Gasteiger partial charge in [-0.15, -0.1) is 0 Å². The number of aromatic nitrogens is 1. The Kier molecular flexibility index (Phi) is 6.00. The van der Waals surface area contributed by atoms with Gasteiger partial charge in [0.25, 0.3) is 5.91 Å². The van der Waals surface area contributed by atoms with Crippen LogP contribution in [0.25, 0.3) is 6.08 Å². The van der Waals surface area contributed by atoms with Crippen molar-refractivity contribution < 1.29 is 22.7 Å². The van der Waals surface area contributed by atoms with Crippen molar-refractivity contribution in [1.82, 2.24) is 9.88 Å². The molecule has 1 amide bonds. The Morgan fingerprint density at radius 2 is 1.60 bits per heavy atom. The number of sulfone groups is 1. The van der Waals surface area contributed by atoms with Crippen LogP contribution < -0.4 is 0 Å². The lowest BCUT2D eigenvalue weighted by atomic mass is 10.0. The maximum Gasteiger partial charge on any atom is 0.357 e. The van der Waals surface area contributed by atoms with Crippen molar-refractivity contribution in [3.05, 3.63) is 118 Å². The number of carbonyl (C=O) groups is 2. The summed E-state index contributed by atoms with van der Waals surface area (Å²) in [6, 6.07) is 23.3. The van der Waals surface area contributed by atoms with E-state index in [9.17, 15) is 18.0 Å². The number of amides is 1. The van der Waals surface area contributed by atoms with Crippen molar-refractivity contribution in [1.29, 1.82) is 0 Å². The molecule has 1 saturated heterocycles. The molecule has 2 aliphatic rings. The number of hydrogen-bond acceptors (Lipinski definition) is 6. The minimum atomic E-state index is -3.86. The molecule has 0 aliphatic carbocycles. The molecule has 9 heteroatoms. The number of pyridine rings is 1. The van der Waals surface area contributed by atoms with E-state index in [4.69, 9.17) is 16.3 Å². The summed E-state index contributed by atoms with van der Waals surface area (Å²) in [5.74, 6) is -2.09. The fourth-order valence-electron chi connectivity index (χ4n) is 4.16. The summed E-state index contributed by atoms with van der Waals surface area (Å²) in [7, 11) is -3.86. The second-order valence-corrected chi connectivity index (χ2v) is 10.6. The molecule has 2 aromatic carbocycles. The summed E-state index contributed by atoms with van der Waals surface area (Å²) in [6.45, 7) is 0. The second kappa shape index (κ2) is 9.13. The fraction of sp³-hybridized carbons (Fsp3) is 0.115. The van der Waals surface area contributed by atoms with Crippen molar-refractivity contribution >= 4 is 39.4 Å². The van der Waals surface area contributed by atoms with Crippen LogP contribution in [0.3, 0.4) is 0 Å². The molecular weight excluding hydrogens is 488 g/mol. The molecule has 0 radical (unpaired) electrons. The van der Waals surface area contributed by atoms with Gasteiger partial charge in [-0.05, 0) is 29.3 Å². The molecule has 176 valence electrons. The first-order chi connectivity index (χ1) is 16.9. The normalized spacial score (nSPS) is 19.9. The molecule has 3 aromatic rings. The Bertz CT molecular complexity index is 1420. The molecule has 1 fully saturated rings. The predicted molar refractivity (Wildman–Crippen MR) is 130 cm³/mol. The predicted octanol–water partition coefficient (Wildman–Crippen LogP) is 3.84. The Morgan fingerprint density at radius 3 is 2.17 bits per heavy atom. The van der Waals surface area contributed by atoms with Gasteiger partial charge in [0.15, 0.2) is 21.3 Å². The average molecular weight is 507 g/mol. The summed E-state index contributed by atoms with van der Waals surface area (Å²) in [4.78, 5) is 31.5. The lowest BCUT2D eigenvalue weighted by Crippen LogP contribution is -2.62. The number of β-lactam (4-membered cyclic amide) rings is 1. The van der Waals surface area contributed by atoms with E-state index in [0.29, 0.717) is 5.69 Å². The zero-order chi connectivity index (χ0) is 24.6. The molecule has 2 aliphatic heterocycles. The summed E-state index contributed by atoms with van der Waals surface area (Å²) in [6.07, 6.45) is 2.17. The molecule has 1 aromatic heterocycles. The van der Waals surface area contributed by atoms with Crippen LogP contribution in [0.1, 0.15) is 22.9 Å². The highest BCUT2D eigenvalue weighted by atomic mass is 35.5. The number of rotatable bonds is 5. The Morgan fingerprint density at radius 1 is 1.00 bits per heavy atom. The number of hydrogen-bond donors (Lipinski definition) is 0. The van der Waals surface area contributed by atoms with Gasteiger partial charge in [0.1, 0.15) is 5.70 Å². The lowest BCUT2D eigenvalue weighted by Gasteiger charge is -2.45. The SMILES string of the molecule is O=C(OC(c1ccccc1)c1ccccc1)C1=C(Cl)CS(=O)(=O)C2/C(=C/c3ccccn3)C(=O)N12. The Labute approximate surface area is 207 Å². The van der Waals surface area contributed by atoms with Crippen LogP contribution in [0, 0.1) is 0 Å². The molecule has 0 spiro atoms. The smallest absolute Gasteiger partial charge is 0.357 e. The van der Waals surface area contributed by atoms with Crippen LogP contribution in [-0.2, 0) is 24.2 Å². The Balaban J connectivity index is 1.50. The van der Waals surface area contributed by atoms with Crippen LogP contribution in [0.4, 0.5) is 0 Å². The number of benzene rings is 2. The fourth-order valence-corrected chi connectivity index (χ4v) is 6.51. The van der Waals surface area contributed by atoms with Gasteiger partial charge in [-0.25, -0.2) is 13.2 Å². The van der Waals surface area contributed by atoms with E-state index in [1.807, 2.05) is 60.7 Å². The minimum Gasteiger partial charge on any atom is -0.448 e.